The fourth-order valence-electron chi connectivity index (χ4n) is 3.82. The molecule has 0 amide bonds. The summed E-state index contributed by atoms with van der Waals surface area (Å²) in [6.07, 6.45) is 3.42. The molecule has 2 aliphatic rings. The minimum atomic E-state index is 0.0423. The van der Waals surface area contributed by atoms with Crippen molar-refractivity contribution in [3.8, 4) is 0 Å². The van der Waals surface area contributed by atoms with Crippen molar-refractivity contribution in [2.75, 3.05) is 29.9 Å². The molecule has 3 heterocycles. The lowest BCUT2D eigenvalue weighted by atomic mass is 9.88. The zero-order valence-electron chi connectivity index (χ0n) is 16.9. The summed E-state index contributed by atoms with van der Waals surface area (Å²) in [5.74, 6) is 3.24. The Morgan fingerprint density at radius 1 is 1.11 bits per heavy atom. The number of nitrogens with zero attached hydrogens (tertiary/aromatic N) is 5. The highest BCUT2D eigenvalue weighted by atomic mass is 15.3. The first-order chi connectivity index (χ1) is 12.9. The van der Waals surface area contributed by atoms with Gasteiger partial charge in [0.25, 0.3) is 0 Å². The van der Waals surface area contributed by atoms with Crippen molar-refractivity contribution in [3.63, 3.8) is 0 Å². The van der Waals surface area contributed by atoms with Gasteiger partial charge >= 0.3 is 0 Å². The summed E-state index contributed by atoms with van der Waals surface area (Å²) in [6.45, 7) is 11.7. The second-order valence-electron chi connectivity index (χ2n) is 9.23. The van der Waals surface area contributed by atoms with E-state index >= 15 is 0 Å². The van der Waals surface area contributed by atoms with Crippen LogP contribution in [0.5, 0.6) is 0 Å². The molecule has 144 valence electrons. The molecule has 2 aromatic heterocycles. The van der Waals surface area contributed by atoms with Gasteiger partial charge < -0.3 is 10.2 Å². The first-order valence-corrected chi connectivity index (χ1v) is 10.1. The average molecular weight is 367 g/mol. The van der Waals surface area contributed by atoms with Gasteiger partial charge in [-0.25, -0.2) is 0 Å². The molecule has 1 fully saturated rings. The van der Waals surface area contributed by atoms with Gasteiger partial charge in [0.15, 0.2) is 5.82 Å². The summed E-state index contributed by atoms with van der Waals surface area (Å²) >= 11 is 0. The van der Waals surface area contributed by atoms with Crippen LogP contribution in [0.2, 0.25) is 0 Å². The fourth-order valence-corrected chi connectivity index (χ4v) is 3.82. The maximum Gasteiger partial charge on any atom is 0.151 e. The number of anilines is 2. The molecule has 1 aliphatic heterocycles. The third kappa shape index (κ3) is 4.04. The molecule has 1 unspecified atom stereocenters. The average Bonchev–Trinajstić information content (AvgIpc) is 2.59. The number of nitrogens with one attached hydrogen (secondary N) is 1. The molecule has 0 saturated carbocycles. The Labute approximate surface area is 161 Å². The standard InChI is InChI=1S/C21H30N6/c1-14-5-6-17-16(9-14)10-19(25-23-17)22-11-15-12-27(13-15)20-8-7-18(24-26-20)21(2,3)4/h7-8,10,14-15H,5-6,9,11-13H2,1-4H3,(H,22,25). The van der Waals surface area contributed by atoms with E-state index in [0.29, 0.717) is 5.92 Å². The van der Waals surface area contributed by atoms with Crippen LogP contribution in [-0.4, -0.2) is 40.0 Å². The minimum Gasteiger partial charge on any atom is -0.368 e. The van der Waals surface area contributed by atoms with Crippen LogP contribution >= 0.6 is 0 Å². The molecule has 27 heavy (non-hydrogen) atoms. The van der Waals surface area contributed by atoms with Crippen LogP contribution in [0.3, 0.4) is 0 Å². The summed E-state index contributed by atoms with van der Waals surface area (Å²) in [5, 5.41) is 21.1. The number of hydrogen-bond donors (Lipinski definition) is 1. The molecule has 6 heteroatoms. The van der Waals surface area contributed by atoms with Crippen molar-refractivity contribution in [1.29, 1.82) is 0 Å². The number of fused-ring (bicyclic) bond motifs is 1. The topological polar surface area (TPSA) is 66.8 Å². The lowest BCUT2D eigenvalue weighted by molar-refractivity contribution is 0.424. The molecule has 0 aromatic carbocycles. The maximum atomic E-state index is 4.42. The second-order valence-corrected chi connectivity index (χ2v) is 9.23. The van der Waals surface area contributed by atoms with Crippen molar-refractivity contribution in [1.82, 2.24) is 20.4 Å². The third-order valence-electron chi connectivity index (χ3n) is 5.67. The van der Waals surface area contributed by atoms with E-state index in [1.807, 2.05) is 0 Å². The SMILES string of the molecule is CC1CCc2nnc(NCC3CN(c4ccc(C(C)(C)C)nn4)C3)cc2C1. The van der Waals surface area contributed by atoms with Crippen LogP contribution in [0.1, 0.15) is 51.1 Å². The Morgan fingerprint density at radius 3 is 2.63 bits per heavy atom. The van der Waals surface area contributed by atoms with Crippen LogP contribution in [-0.2, 0) is 18.3 Å². The Hall–Kier alpha value is -2.24. The highest BCUT2D eigenvalue weighted by Gasteiger charge is 2.28. The summed E-state index contributed by atoms with van der Waals surface area (Å²) in [6, 6.07) is 6.39. The van der Waals surface area contributed by atoms with E-state index in [4.69, 9.17) is 0 Å². The van der Waals surface area contributed by atoms with Gasteiger partial charge in [-0.3, -0.25) is 0 Å². The molecule has 6 nitrogen and oxygen atoms in total. The largest absolute Gasteiger partial charge is 0.368 e. The Morgan fingerprint density at radius 2 is 1.93 bits per heavy atom. The fraction of sp³-hybridized carbons (Fsp3) is 0.619. The molecular weight excluding hydrogens is 336 g/mol. The van der Waals surface area contributed by atoms with Gasteiger partial charge in [-0.1, -0.05) is 27.7 Å². The molecule has 1 N–H and O–H groups in total. The zero-order valence-corrected chi connectivity index (χ0v) is 16.9. The molecule has 1 atom stereocenters. The smallest absolute Gasteiger partial charge is 0.151 e. The van der Waals surface area contributed by atoms with Crippen LogP contribution < -0.4 is 10.2 Å². The van der Waals surface area contributed by atoms with Crippen molar-refractivity contribution < 1.29 is 0 Å². The molecule has 4 rings (SSSR count). The van der Waals surface area contributed by atoms with Gasteiger partial charge in [-0.2, -0.15) is 10.2 Å². The lowest BCUT2D eigenvalue weighted by Gasteiger charge is -2.40. The van der Waals surface area contributed by atoms with Crippen LogP contribution in [0.15, 0.2) is 18.2 Å². The predicted octanol–water partition coefficient (Wildman–Crippen LogP) is 3.24. The quantitative estimate of drug-likeness (QED) is 0.896. The van der Waals surface area contributed by atoms with Crippen LogP contribution in [0.25, 0.3) is 0 Å². The van der Waals surface area contributed by atoms with Crippen LogP contribution in [0, 0.1) is 11.8 Å². The second kappa shape index (κ2) is 7.06. The van der Waals surface area contributed by atoms with Crippen molar-refractivity contribution in [2.45, 2.75) is 52.4 Å². The van der Waals surface area contributed by atoms with Gasteiger partial charge in [0.2, 0.25) is 0 Å². The van der Waals surface area contributed by atoms with E-state index in [0.717, 1.165) is 55.7 Å². The van der Waals surface area contributed by atoms with E-state index in [-0.39, 0.29) is 5.41 Å². The normalized spacial score (nSPS) is 20.1. The summed E-state index contributed by atoms with van der Waals surface area (Å²) < 4.78 is 0. The highest BCUT2D eigenvalue weighted by Crippen LogP contribution is 2.27. The number of hydrogen-bond acceptors (Lipinski definition) is 6. The van der Waals surface area contributed by atoms with E-state index in [1.54, 1.807) is 0 Å². The molecule has 0 spiro atoms. The van der Waals surface area contributed by atoms with Crippen LogP contribution in [0.4, 0.5) is 11.6 Å². The first-order valence-electron chi connectivity index (χ1n) is 10.1. The van der Waals surface area contributed by atoms with Crippen molar-refractivity contribution >= 4 is 11.6 Å². The number of aromatic nitrogens is 4. The molecule has 2 aromatic rings. The molecule has 1 saturated heterocycles. The summed E-state index contributed by atoms with van der Waals surface area (Å²) in [7, 11) is 0. The predicted molar refractivity (Wildman–Crippen MR) is 108 cm³/mol. The maximum absolute atomic E-state index is 4.42. The Balaban J connectivity index is 1.28. The Bertz CT molecular complexity index is 789. The van der Waals surface area contributed by atoms with Crippen molar-refractivity contribution in [2.24, 2.45) is 11.8 Å². The molecule has 0 radical (unpaired) electrons. The molecular formula is C21H30N6. The van der Waals surface area contributed by atoms with Gasteiger partial charge in [0.1, 0.15) is 5.82 Å². The van der Waals surface area contributed by atoms with Gasteiger partial charge in [0.05, 0.1) is 11.4 Å². The first kappa shape index (κ1) is 18.1. The lowest BCUT2D eigenvalue weighted by Crippen LogP contribution is -2.50. The highest BCUT2D eigenvalue weighted by molar-refractivity contribution is 5.43. The summed E-state index contributed by atoms with van der Waals surface area (Å²) in [5.41, 5.74) is 3.63. The van der Waals surface area contributed by atoms with Gasteiger partial charge in [0, 0.05) is 31.0 Å². The van der Waals surface area contributed by atoms with E-state index in [2.05, 4.69) is 76.5 Å². The van der Waals surface area contributed by atoms with Crippen molar-refractivity contribution in [3.05, 3.63) is 35.2 Å². The minimum absolute atomic E-state index is 0.0423. The van der Waals surface area contributed by atoms with E-state index < -0.39 is 0 Å². The van der Waals surface area contributed by atoms with E-state index in [1.165, 1.54) is 17.7 Å². The third-order valence-corrected chi connectivity index (χ3v) is 5.67. The molecule has 0 bridgehead atoms. The number of aryl methyl sites for hydroxylation is 1. The number of rotatable bonds is 4. The van der Waals surface area contributed by atoms with Gasteiger partial charge in [-0.15, -0.1) is 10.2 Å². The molecule has 1 aliphatic carbocycles. The van der Waals surface area contributed by atoms with Gasteiger partial charge in [-0.05, 0) is 48.9 Å². The monoisotopic (exact) mass is 366 g/mol. The van der Waals surface area contributed by atoms with E-state index in [9.17, 15) is 0 Å². The zero-order chi connectivity index (χ0) is 19.0. The summed E-state index contributed by atoms with van der Waals surface area (Å²) in [4.78, 5) is 2.28. The Kier molecular flexibility index (Phi) is 4.74.